The average Bonchev–Trinajstić information content (AvgIpc) is 2.44. The van der Waals surface area contributed by atoms with Crippen molar-refractivity contribution in [3.63, 3.8) is 0 Å². The first-order chi connectivity index (χ1) is 10.0. The predicted molar refractivity (Wildman–Crippen MR) is 82.1 cm³/mol. The van der Waals surface area contributed by atoms with Gasteiger partial charge in [0.1, 0.15) is 11.6 Å². The van der Waals surface area contributed by atoms with Gasteiger partial charge in [-0.2, -0.15) is 4.58 Å². The molecule has 0 amide bonds. The van der Waals surface area contributed by atoms with Gasteiger partial charge in [-0.3, -0.25) is 0 Å². The number of nitrogens with two attached hydrogens (primary N) is 1. The fraction of sp³-hybridized carbons (Fsp3) is 0.0625. The van der Waals surface area contributed by atoms with Crippen molar-refractivity contribution < 1.29 is 13.7 Å². The minimum absolute atomic E-state index is 0.0181. The van der Waals surface area contributed by atoms with Crippen molar-refractivity contribution in [1.82, 2.24) is 0 Å². The zero-order chi connectivity index (χ0) is 15.0. The van der Waals surface area contributed by atoms with Gasteiger partial charge in [0.05, 0.1) is 11.1 Å². The summed E-state index contributed by atoms with van der Waals surface area (Å²) in [5, 5.41) is 0.0181. The Balaban J connectivity index is 1.99. The molecule has 0 saturated carbocycles. The number of halogens is 2. The Morgan fingerprint density at radius 1 is 1.19 bits per heavy atom. The van der Waals surface area contributed by atoms with Gasteiger partial charge in [-0.1, -0.05) is 11.6 Å². The standard InChI is InChI=1S/C16H13ClFN2O/c1-10-6-7-20(10)15-5-2-11(19)8-16(15)21-12-3-4-14(18)13(17)9-12/h2-9H,19H2,1H3/q+1. The lowest BCUT2D eigenvalue weighted by molar-refractivity contribution is -0.372. The van der Waals surface area contributed by atoms with E-state index in [-0.39, 0.29) is 5.02 Å². The number of ether oxygens (including phenoxy) is 1. The first kappa shape index (κ1) is 13.6. The second kappa shape index (κ2) is 5.22. The number of allylic oxidation sites excluding steroid dienone is 1. The van der Waals surface area contributed by atoms with E-state index in [9.17, 15) is 4.39 Å². The monoisotopic (exact) mass is 303 g/mol. The number of benzene rings is 2. The third-order valence-corrected chi connectivity index (χ3v) is 3.50. The topological polar surface area (TPSA) is 38.3 Å². The molecule has 0 bridgehead atoms. The normalized spacial score (nSPS) is 13.3. The van der Waals surface area contributed by atoms with Crippen LogP contribution in [0.4, 0.5) is 15.8 Å². The summed E-state index contributed by atoms with van der Waals surface area (Å²) >= 11 is 5.77. The molecule has 0 saturated heterocycles. The molecule has 0 aliphatic carbocycles. The number of hydrogen-bond donors (Lipinski definition) is 1. The van der Waals surface area contributed by atoms with Crippen molar-refractivity contribution in [3.8, 4) is 11.5 Å². The van der Waals surface area contributed by atoms with Crippen LogP contribution in [0.5, 0.6) is 11.5 Å². The van der Waals surface area contributed by atoms with Gasteiger partial charge in [0.15, 0.2) is 11.9 Å². The maximum Gasteiger partial charge on any atom is 0.253 e. The van der Waals surface area contributed by atoms with Crippen LogP contribution in [0.2, 0.25) is 5.02 Å². The van der Waals surface area contributed by atoms with Crippen molar-refractivity contribution in [2.45, 2.75) is 6.92 Å². The molecule has 3 rings (SSSR count). The van der Waals surface area contributed by atoms with E-state index >= 15 is 0 Å². The van der Waals surface area contributed by atoms with Crippen LogP contribution >= 0.6 is 11.6 Å². The Labute approximate surface area is 126 Å². The van der Waals surface area contributed by atoms with Gasteiger partial charge in [0.2, 0.25) is 5.75 Å². The third-order valence-electron chi connectivity index (χ3n) is 3.21. The summed E-state index contributed by atoms with van der Waals surface area (Å²) in [5.74, 6) is 0.559. The quantitative estimate of drug-likeness (QED) is 0.670. The van der Waals surface area contributed by atoms with E-state index < -0.39 is 5.82 Å². The molecule has 2 aromatic carbocycles. The maximum atomic E-state index is 13.2. The van der Waals surface area contributed by atoms with E-state index in [4.69, 9.17) is 22.1 Å². The third kappa shape index (κ3) is 2.62. The van der Waals surface area contributed by atoms with Crippen molar-refractivity contribution in [1.29, 1.82) is 0 Å². The summed E-state index contributed by atoms with van der Waals surface area (Å²) in [7, 11) is 0. The van der Waals surface area contributed by atoms with Gasteiger partial charge in [0.25, 0.3) is 5.69 Å². The van der Waals surface area contributed by atoms with Gasteiger partial charge in [-0.05, 0) is 18.2 Å². The minimum Gasteiger partial charge on any atom is -0.450 e. The van der Waals surface area contributed by atoms with E-state index in [2.05, 4.69) is 0 Å². The lowest BCUT2D eigenvalue weighted by atomic mass is 10.2. The summed E-state index contributed by atoms with van der Waals surface area (Å²) in [6.07, 6.45) is 3.93. The second-order valence-electron chi connectivity index (χ2n) is 4.73. The molecule has 2 aromatic rings. The molecule has 21 heavy (non-hydrogen) atoms. The number of nitrogens with zero attached hydrogens (tertiary/aromatic N) is 1. The SMILES string of the molecule is CC1=[N+](c2ccc(N)cc2Oc2ccc(F)c(Cl)c2)C=C1. The van der Waals surface area contributed by atoms with Gasteiger partial charge in [-0.25, -0.2) is 4.39 Å². The number of hydrogen-bond acceptors (Lipinski definition) is 2. The van der Waals surface area contributed by atoms with E-state index in [1.54, 1.807) is 12.1 Å². The lowest BCUT2D eigenvalue weighted by Crippen LogP contribution is -2.15. The van der Waals surface area contributed by atoms with E-state index in [1.807, 2.05) is 29.8 Å². The number of nitrogen functional groups attached to an aromatic ring is 1. The second-order valence-corrected chi connectivity index (χ2v) is 5.14. The molecule has 1 heterocycles. The Kier molecular flexibility index (Phi) is 3.39. The largest absolute Gasteiger partial charge is 0.450 e. The Morgan fingerprint density at radius 3 is 2.62 bits per heavy atom. The minimum atomic E-state index is -0.480. The molecule has 0 unspecified atom stereocenters. The molecular weight excluding hydrogens is 291 g/mol. The molecule has 0 radical (unpaired) electrons. The first-order valence-electron chi connectivity index (χ1n) is 6.38. The van der Waals surface area contributed by atoms with E-state index in [0.717, 1.165) is 11.4 Å². The van der Waals surface area contributed by atoms with Crippen molar-refractivity contribution >= 4 is 28.7 Å². The smallest absolute Gasteiger partial charge is 0.253 e. The van der Waals surface area contributed by atoms with Crippen LogP contribution < -0.4 is 10.5 Å². The van der Waals surface area contributed by atoms with Crippen LogP contribution in [0.3, 0.4) is 0 Å². The van der Waals surface area contributed by atoms with Crippen LogP contribution in [0.15, 0.2) is 48.7 Å². The first-order valence-corrected chi connectivity index (χ1v) is 6.76. The number of anilines is 1. The van der Waals surface area contributed by atoms with E-state index in [0.29, 0.717) is 17.2 Å². The predicted octanol–water partition coefficient (Wildman–Crippen LogP) is 4.49. The fourth-order valence-corrected chi connectivity index (χ4v) is 2.22. The summed E-state index contributed by atoms with van der Waals surface area (Å²) < 4.78 is 21.0. The highest BCUT2D eigenvalue weighted by Crippen LogP contribution is 2.36. The van der Waals surface area contributed by atoms with Gasteiger partial charge >= 0.3 is 0 Å². The Hall–Kier alpha value is -2.33. The molecule has 0 aromatic heterocycles. The maximum absolute atomic E-state index is 13.2. The van der Waals surface area contributed by atoms with Crippen molar-refractivity contribution in [2.75, 3.05) is 5.73 Å². The molecule has 0 atom stereocenters. The van der Waals surface area contributed by atoms with E-state index in [1.165, 1.54) is 18.2 Å². The highest BCUT2D eigenvalue weighted by atomic mass is 35.5. The molecule has 2 N–H and O–H groups in total. The van der Waals surface area contributed by atoms with Crippen LogP contribution in [0.1, 0.15) is 6.92 Å². The average molecular weight is 304 g/mol. The van der Waals surface area contributed by atoms with Crippen LogP contribution in [-0.2, 0) is 0 Å². The molecule has 3 nitrogen and oxygen atoms in total. The molecule has 0 spiro atoms. The molecule has 5 heteroatoms. The highest BCUT2D eigenvalue weighted by Gasteiger charge is 2.23. The number of rotatable bonds is 3. The molecule has 1 aliphatic heterocycles. The van der Waals surface area contributed by atoms with Crippen molar-refractivity contribution in [2.24, 2.45) is 0 Å². The zero-order valence-electron chi connectivity index (χ0n) is 11.3. The van der Waals surface area contributed by atoms with Gasteiger partial charge in [-0.15, -0.1) is 0 Å². The molecule has 106 valence electrons. The Morgan fingerprint density at radius 2 is 2.00 bits per heavy atom. The highest BCUT2D eigenvalue weighted by molar-refractivity contribution is 6.30. The summed E-state index contributed by atoms with van der Waals surface area (Å²) in [6, 6.07) is 9.64. The van der Waals surface area contributed by atoms with Gasteiger partial charge in [0, 0.05) is 30.8 Å². The van der Waals surface area contributed by atoms with Gasteiger partial charge < -0.3 is 10.5 Å². The van der Waals surface area contributed by atoms with Crippen molar-refractivity contribution in [3.05, 3.63) is 59.5 Å². The summed E-state index contributed by atoms with van der Waals surface area (Å²) in [5.41, 5.74) is 8.37. The van der Waals surface area contributed by atoms with Crippen LogP contribution in [0.25, 0.3) is 0 Å². The fourth-order valence-electron chi connectivity index (χ4n) is 2.05. The Bertz CT molecular complexity index is 784. The molecule has 1 aliphatic rings. The van der Waals surface area contributed by atoms with Crippen LogP contribution in [-0.4, -0.2) is 10.3 Å². The molecule has 0 fully saturated rings. The summed E-state index contributed by atoms with van der Waals surface area (Å²) in [4.78, 5) is 0. The van der Waals surface area contributed by atoms with Crippen LogP contribution in [0, 0.1) is 5.82 Å². The molecular formula is C16H13ClFN2O+. The summed E-state index contributed by atoms with van der Waals surface area (Å²) in [6.45, 7) is 1.99. The zero-order valence-corrected chi connectivity index (χ0v) is 12.1. The lowest BCUT2D eigenvalue weighted by Gasteiger charge is -2.12.